The molecule has 0 spiro atoms. The van der Waals surface area contributed by atoms with Gasteiger partial charge in [-0.15, -0.1) is 0 Å². The van der Waals surface area contributed by atoms with Crippen molar-refractivity contribution >= 4 is 29.2 Å². The van der Waals surface area contributed by atoms with Crippen molar-refractivity contribution in [3.63, 3.8) is 0 Å². The van der Waals surface area contributed by atoms with Gasteiger partial charge < -0.3 is 10.1 Å². The second-order valence-corrected chi connectivity index (χ2v) is 5.34. The molecular weight excluding hydrogens is 321 g/mol. The van der Waals surface area contributed by atoms with Gasteiger partial charge in [0.2, 0.25) is 0 Å². The van der Waals surface area contributed by atoms with Crippen LogP contribution in [0.25, 0.3) is 0 Å². The van der Waals surface area contributed by atoms with Gasteiger partial charge in [-0.2, -0.15) is 0 Å². The summed E-state index contributed by atoms with van der Waals surface area (Å²) in [6, 6.07) is 10.5. The quantitative estimate of drug-likeness (QED) is 0.860. The van der Waals surface area contributed by atoms with Crippen molar-refractivity contribution in [2.24, 2.45) is 0 Å². The molecule has 0 aliphatic heterocycles. The summed E-state index contributed by atoms with van der Waals surface area (Å²) < 4.78 is 18.5. The zero-order valence-electron chi connectivity index (χ0n) is 12.6. The molecule has 23 heavy (non-hydrogen) atoms. The Bertz CT molecular complexity index is 748. The van der Waals surface area contributed by atoms with Crippen molar-refractivity contribution in [3.8, 4) is 0 Å². The summed E-state index contributed by atoms with van der Waals surface area (Å²) in [7, 11) is 0. The van der Waals surface area contributed by atoms with Crippen LogP contribution in [-0.4, -0.2) is 18.0 Å². The van der Waals surface area contributed by atoms with Crippen molar-refractivity contribution in [2.45, 2.75) is 20.0 Å². The Balaban J connectivity index is 2.04. The minimum absolute atomic E-state index is 0.217. The van der Waals surface area contributed by atoms with E-state index in [4.69, 9.17) is 16.3 Å². The maximum Gasteiger partial charge on any atom is 0.341 e. The Hall–Kier alpha value is -2.40. The number of anilines is 1. The van der Waals surface area contributed by atoms with E-state index in [9.17, 15) is 14.0 Å². The van der Waals surface area contributed by atoms with Gasteiger partial charge in [0, 0.05) is 10.7 Å². The molecule has 0 saturated carbocycles. The smallest absolute Gasteiger partial charge is 0.341 e. The topological polar surface area (TPSA) is 55.4 Å². The first-order chi connectivity index (χ1) is 10.9. The zero-order valence-corrected chi connectivity index (χ0v) is 13.4. The average Bonchev–Trinajstić information content (AvgIpc) is 2.52. The fourth-order valence-electron chi connectivity index (χ4n) is 1.88. The van der Waals surface area contributed by atoms with E-state index in [1.165, 1.54) is 25.1 Å². The van der Waals surface area contributed by atoms with Crippen molar-refractivity contribution in [1.29, 1.82) is 0 Å². The maximum absolute atomic E-state index is 13.5. The fraction of sp³-hybridized carbons (Fsp3) is 0.176. The van der Waals surface area contributed by atoms with Crippen LogP contribution >= 0.6 is 11.6 Å². The highest BCUT2D eigenvalue weighted by Crippen LogP contribution is 2.23. The lowest BCUT2D eigenvalue weighted by atomic mass is 10.2. The normalized spacial score (nSPS) is 11.7. The zero-order chi connectivity index (χ0) is 17.0. The van der Waals surface area contributed by atoms with Crippen molar-refractivity contribution in [2.75, 3.05) is 5.32 Å². The number of carbonyl (C=O) groups excluding carboxylic acids is 2. The molecule has 2 aromatic rings. The molecule has 1 atom stereocenters. The molecule has 120 valence electrons. The Morgan fingerprint density at radius 3 is 2.57 bits per heavy atom. The number of halogens is 2. The molecule has 0 aliphatic carbocycles. The number of esters is 1. The van der Waals surface area contributed by atoms with Crippen LogP contribution in [0.4, 0.5) is 10.1 Å². The van der Waals surface area contributed by atoms with Gasteiger partial charge in [0.25, 0.3) is 5.91 Å². The first-order valence-electron chi connectivity index (χ1n) is 6.91. The molecule has 2 rings (SSSR count). The lowest BCUT2D eigenvalue weighted by Gasteiger charge is -2.15. The molecule has 4 nitrogen and oxygen atoms in total. The second-order valence-electron chi connectivity index (χ2n) is 4.93. The number of hydrogen-bond acceptors (Lipinski definition) is 3. The molecule has 1 amide bonds. The predicted molar refractivity (Wildman–Crippen MR) is 86.1 cm³/mol. The lowest BCUT2D eigenvalue weighted by molar-refractivity contribution is -0.123. The second kappa shape index (κ2) is 7.24. The molecule has 0 heterocycles. The van der Waals surface area contributed by atoms with Crippen molar-refractivity contribution < 1.29 is 18.7 Å². The summed E-state index contributed by atoms with van der Waals surface area (Å²) in [6.07, 6.45) is -1.08. The van der Waals surface area contributed by atoms with E-state index in [0.29, 0.717) is 16.3 Å². The first kappa shape index (κ1) is 17.0. The van der Waals surface area contributed by atoms with Crippen LogP contribution in [0.2, 0.25) is 5.02 Å². The summed E-state index contributed by atoms with van der Waals surface area (Å²) in [5, 5.41) is 3.14. The highest BCUT2D eigenvalue weighted by molar-refractivity contribution is 6.31. The van der Waals surface area contributed by atoms with Gasteiger partial charge in [0.15, 0.2) is 6.10 Å². The Morgan fingerprint density at radius 1 is 1.17 bits per heavy atom. The van der Waals surface area contributed by atoms with E-state index in [1.807, 2.05) is 0 Å². The maximum atomic E-state index is 13.5. The summed E-state index contributed by atoms with van der Waals surface area (Å²) >= 11 is 5.98. The third-order valence-electron chi connectivity index (χ3n) is 3.27. The minimum Gasteiger partial charge on any atom is -0.449 e. The summed E-state index contributed by atoms with van der Waals surface area (Å²) in [6.45, 7) is 3.17. The van der Waals surface area contributed by atoms with E-state index in [1.54, 1.807) is 25.1 Å². The number of amides is 1. The van der Waals surface area contributed by atoms with Gasteiger partial charge in [0.1, 0.15) is 5.82 Å². The first-order valence-corrected chi connectivity index (χ1v) is 7.29. The molecular formula is C17H15ClFNO3. The molecule has 0 aliphatic rings. The van der Waals surface area contributed by atoms with Crippen LogP contribution in [0.3, 0.4) is 0 Å². The third-order valence-corrected chi connectivity index (χ3v) is 3.68. The number of rotatable bonds is 4. The van der Waals surface area contributed by atoms with Gasteiger partial charge in [-0.1, -0.05) is 29.8 Å². The van der Waals surface area contributed by atoms with Crippen molar-refractivity contribution in [1.82, 2.24) is 0 Å². The highest BCUT2D eigenvalue weighted by Gasteiger charge is 2.21. The molecule has 0 radical (unpaired) electrons. The van der Waals surface area contributed by atoms with Gasteiger partial charge in [0.05, 0.1) is 5.56 Å². The molecule has 0 fully saturated rings. The van der Waals surface area contributed by atoms with Gasteiger partial charge in [-0.05, 0) is 43.7 Å². The van der Waals surface area contributed by atoms with E-state index in [0.717, 1.165) is 6.07 Å². The Kier molecular flexibility index (Phi) is 5.34. The lowest BCUT2D eigenvalue weighted by Crippen LogP contribution is -2.30. The number of ether oxygens (including phenoxy) is 1. The van der Waals surface area contributed by atoms with Gasteiger partial charge in [-0.25, -0.2) is 9.18 Å². The third kappa shape index (κ3) is 4.07. The SMILES string of the molecule is Cc1c(Cl)cccc1NC(=O)[C@H](C)OC(=O)c1ccccc1F. The Morgan fingerprint density at radius 2 is 1.87 bits per heavy atom. The summed E-state index contributed by atoms with van der Waals surface area (Å²) in [5.41, 5.74) is 1.01. The Labute approximate surface area is 138 Å². The average molecular weight is 336 g/mol. The number of benzene rings is 2. The van der Waals surface area contributed by atoms with Crippen LogP contribution in [0.15, 0.2) is 42.5 Å². The fourth-order valence-corrected chi connectivity index (χ4v) is 2.06. The van der Waals surface area contributed by atoms with Crippen molar-refractivity contribution in [3.05, 3.63) is 64.4 Å². The predicted octanol–water partition coefficient (Wildman–Crippen LogP) is 3.97. The molecule has 0 saturated heterocycles. The van der Waals surface area contributed by atoms with E-state index in [-0.39, 0.29) is 5.56 Å². The monoisotopic (exact) mass is 335 g/mol. The number of hydrogen-bond donors (Lipinski definition) is 1. The molecule has 2 aromatic carbocycles. The van der Waals surface area contributed by atoms with Crippen LogP contribution in [0, 0.1) is 12.7 Å². The van der Waals surface area contributed by atoms with Gasteiger partial charge >= 0.3 is 5.97 Å². The molecule has 0 unspecified atom stereocenters. The van der Waals surface area contributed by atoms with Crippen LogP contribution < -0.4 is 5.32 Å². The summed E-state index contributed by atoms with van der Waals surface area (Å²) in [5.74, 6) is -2.12. The summed E-state index contributed by atoms with van der Waals surface area (Å²) in [4.78, 5) is 24.0. The highest BCUT2D eigenvalue weighted by atomic mass is 35.5. The number of carbonyl (C=O) groups is 2. The van der Waals surface area contributed by atoms with E-state index < -0.39 is 23.8 Å². The van der Waals surface area contributed by atoms with E-state index in [2.05, 4.69) is 5.32 Å². The largest absolute Gasteiger partial charge is 0.449 e. The van der Waals surface area contributed by atoms with Crippen LogP contribution in [0.1, 0.15) is 22.8 Å². The molecule has 0 bridgehead atoms. The van der Waals surface area contributed by atoms with Crippen LogP contribution in [0.5, 0.6) is 0 Å². The van der Waals surface area contributed by atoms with E-state index >= 15 is 0 Å². The molecule has 1 N–H and O–H groups in total. The standard InChI is InChI=1S/C17H15ClFNO3/c1-10-13(18)7-5-9-15(10)20-16(21)11(2)23-17(22)12-6-3-4-8-14(12)19/h3-9,11H,1-2H3,(H,20,21)/t11-/m0/s1. The minimum atomic E-state index is -1.08. The van der Waals surface area contributed by atoms with Gasteiger partial charge in [-0.3, -0.25) is 4.79 Å². The van der Waals surface area contributed by atoms with Crippen LogP contribution in [-0.2, 0) is 9.53 Å². The number of nitrogens with one attached hydrogen (secondary N) is 1. The molecule has 0 aromatic heterocycles. The molecule has 6 heteroatoms.